The number of nitrogens with zero attached hydrogens (tertiary/aromatic N) is 3. The van der Waals surface area contributed by atoms with Crippen LogP contribution in [0, 0.1) is 0 Å². The number of likely N-dealkylation sites (tertiary alicyclic amines) is 1. The highest BCUT2D eigenvalue weighted by Crippen LogP contribution is 2.34. The molecule has 1 fully saturated rings. The Labute approximate surface area is 166 Å². The van der Waals surface area contributed by atoms with Gasteiger partial charge in [0, 0.05) is 36.4 Å². The molecule has 1 aromatic carbocycles. The average molecular weight is 399 g/mol. The largest absolute Gasteiger partial charge is 0.497 e. The topological polar surface area (TPSA) is 77.7 Å². The minimum atomic E-state index is -0.0578. The summed E-state index contributed by atoms with van der Waals surface area (Å²) in [6.07, 6.45) is 1.28. The predicted molar refractivity (Wildman–Crippen MR) is 105 cm³/mol. The van der Waals surface area contributed by atoms with Crippen LogP contribution in [0.3, 0.4) is 0 Å². The van der Waals surface area contributed by atoms with E-state index in [0.29, 0.717) is 48.3 Å². The van der Waals surface area contributed by atoms with Gasteiger partial charge >= 0.3 is 0 Å². The smallest absolute Gasteiger partial charge is 0.261 e. The van der Waals surface area contributed by atoms with Gasteiger partial charge in [0.2, 0.25) is 5.91 Å². The molecule has 0 saturated carbocycles. The third-order valence-electron chi connectivity index (χ3n) is 4.87. The van der Waals surface area contributed by atoms with Crippen molar-refractivity contribution in [1.82, 2.24) is 15.0 Å². The van der Waals surface area contributed by atoms with Crippen LogP contribution < -0.4 is 9.47 Å². The minimum Gasteiger partial charge on any atom is -0.497 e. The molecular weight excluding hydrogens is 378 g/mol. The van der Waals surface area contributed by atoms with Gasteiger partial charge in [0.1, 0.15) is 11.5 Å². The van der Waals surface area contributed by atoms with Gasteiger partial charge in [-0.3, -0.25) is 4.79 Å². The van der Waals surface area contributed by atoms with Gasteiger partial charge in [-0.25, -0.2) is 0 Å². The van der Waals surface area contributed by atoms with E-state index in [4.69, 9.17) is 14.0 Å². The molecule has 1 amide bonds. The second-order valence-corrected chi connectivity index (χ2v) is 7.63. The van der Waals surface area contributed by atoms with Crippen LogP contribution in [-0.4, -0.2) is 48.3 Å². The van der Waals surface area contributed by atoms with Crippen LogP contribution in [0.25, 0.3) is 11.5 Å². The van der Waals surface area contributed by atoms with Crippen LogP contribution in [0.4, 0.5) is 0 Å². The van der Waals surface area contributed by atoms with Gasteiger partial charge in [-0.2, -0.15) is 4.98 Å². The summed E-state index contributed by atoms with van der Waals surface area (Å²) >= 11 is 1.71. The van der Waals surface area contributed by atoms with Crippen LogP contribution in [0.2, 0.25) is 0 Å². The SMILES string of the molecule is COc1ccc(-c2nc(C3CC(=O)N(CCc4cccs4)C3)no2)c(OC)c1. The number of thiophene rings is 1. The number of benzene rings is 1. The normalized spacial score (nSPS) is 16.6. The fourth-order valence-corrected chi connectivity index (χ4v) is 4.04. The number of ether oxygens (including phenoxy) is 2. The summed E-state index contributed by atoms with van der Waals surface area (Å²) in [5, 5.41) is 6.18. The van der Waals surface area contributed by atoms with Crippen molar-refractivity contribution in [3.8, 4) is 23.0 Å². The Hall–Kier alpha value is -2.87. The third-order valence-corrected chi connectivity index (χ3v) is 5.80. The molecule has 0 aliphatic carbocycles. The molecule has 28 heavy (non-hydrogen) atoms. The fourth-order valence-electron chi connectivity index (χ4n) is 3.35. The van der Waals surface area contributed by atoms with Crippen LogP contribution in [0.15, 0.2) is 40.2 Å². The lowest BCUT2D eigenvalue weighted by Gasteiger charge is -2.15. The number of carbonyl (C=O) groups is 1. The summed E-state index contributed by atoms with van der Waals surface area (Å²) in [4.78, 5) is 20.1. The zero-order valence-electron chi connectivity index (χ0n) is 15.8. The first-order chi connectivity index (χ1) is 13.7. The van der Waals surface area contributed by atoms with E-state index in [0.717, 1.165) is 6.42 Å². The Balaban J connectivity index is 1.47. The van der Waals surface area contributed by atoms with E-state index < -0.39 is 0 Å². The van der Waals surface area contributed by atoms with Crippen LogP contribution in [-0.2, 0) is 11.2 Å². The molecule has 1 aliphatic rings. The first-order valence-electron chi connectivity index (χ1n) is 9.04. The number of aromatic nitrogens is 2. The number of amides is 1. The number of rotatable bonds is 7. The van der Waals surface area contributed by atoms with Crippen molar-refractivity contribution in [2.24, 2.45) is 0 Å². The molecule has 0 spiro atoms. The Bertz CT molecular complexity index is 954. The molecule has 146 valence electrons. The van der Waals surface area contributed by atoms with Gasteiger partial charge < -0.3 is 18.9 Å². The van der Waals surface area contributed by atoms with E-state index in [-0.39, 0.29) is 11.8 Å². The highest BCUT2D eigenvalue weighted by molar-refractivity contribution is 7.09. The van der Waals surface area contributed by atoms with Gasteiger partial charge in [0.05, 0.1) is 19.8 Å². The molecule has 1 unspecified atom stereocenters. The van der Waals surface area contributed by atoms with Crippen molar-refractivity contribution in [3.05, 3.63) is 46.4 Å². The quantitative estimate of drug-likeness (QED) is 0.606. The van der Waals surface area contributed by atoms with Gasteiger partial charge in [0.25, 0.3) is 5.89 Å². The molecule has 7 nitrogen and oxygen atoms in total. The van der Waals surface area contributed by atoms with Crippen molar-refractivity contribution < 1.29 is 18.8 Å². The number of methoxy groups -OCH3 is 2. The van der Waals surface area contributed by atoms with Crippen molar-refractivity contribution >= 4 is 17.2 Å². The van der Waals surface area contributed by atoms with E-state index in [9.17, 15) is 4.79 Å². The van der Waals surface area contributed by atoms with Gasteiger partial charge in [-0.05, 0) is 30.0 Å². The molecule has 0 radical (unpaired) electrons. The highest BCUT2D eigenvalue weighted by Gasteiger charge is 2.33. The Morgan fingerprint density at radius 3 is 2.93 bits per heavy atom. The van der Waals surface area contributed by atoms with E-state index in [1.54, 1.807) is 31.6 Å². The van der Waals surface area contributed by atoms with Gasteiger partial charge in [0.15, 0.2) is 5.82 Å². The van der Waals surface area contributed by atoms with E-state index in [1.165, 1.54) is 4.88 Å². The molecular formula is C20H21N3O4S. The fraction of sp³-hybridized carbons (Fsp3) is 0.350. The average Bonchev–Trinajstić information content (AvgIpc) is 3.47. The molecule has 1 saturated heterocycles. The van der Waals surface area contributed by atoms with Crippen LogP contribution in [0.5, 0.6) is 11.5 Å². The number of hydrogen-bond donors (Lipinski definition) is 0. The van der Waals surface area contributed by atoms with E-state index in [1.807, 2.05) is 23.1 Å². The molecule has 0 bridgehead atoms. The summed E-state index contributed by atoms with van der Waals surface area (Å²) < 4.78 is 16.1. The summed E-state index contributed by atoms with van der Waals surface area (Å²) in [6, 6.07) is 9.53. The summed E-state index contributed by atoms with van der Waals surface area (Å²) in [6.45, 7) is 1.33. The van der Waals surface area contributed by atoms with E-state index in [2.05, 4.69) is 21.6 Å². The Kier molecular flexibility index (Phi) is 5.29. The van der Waals surface area contributed by atoms with Gasteiger partial charge in [-0.1, -0.05) is 11.2 Å². The maximum Gasteiger partial charge on any atom is 0.261 e. The molecule has 3 aromatic rings. The molecule has 2 aromatic heterocycles. The summed E-state index contributed by atoms with van der Waals surface area (Å²) in [5.41, 5.74) is 0.695. The second-order valence-electron chi connectivity index (χ2n) is 6.59. The molecule has 1 aliphatic heterocycles. The standard InChI is InChI=1S/C20H21N3O4S/c1-25-14-5-6-16(17(11-14)26-2)20-21-19(22-27-20)13-10-18(24)23(12-13)8-7-15-4-3-9-28-15/h3-6,9,11,13H,7-8,10,12H2,1-2H3. The predicted octanol–water partition coefficient (Wildman–Crippen LogP) is 3.37. The Morgan fingerprint density at radius 2 is 2.18 bits per heavy atom. The minimum absolute atomic E-state index is 0.0578. The summed E-state index contributed by atoms with van der Waals surface area (Å²) in [5.74, 6) is 2.28. The lowest BCUT2D eigenvalue weighted by atomic mass is 10.1. The maximum atomic E-state index is 12.4. The van der Waals surface area contributed by atoms with Crippen molar-refractivity contribution in [2.45, 2.75) is 18.8 Å². The van der Waals surface area contributed by atoms with Crippen LogP contribution in [0.1, 0.15) is 23.0 Å². The number of hydrogen-bond acceptors (Lipinski definition) is 7. The molecule has 1 atom stereocenters. The van der Waals surface area contributed by atoms with Crippen LogP contribution >= 0.6 is 11.3 Å². The third kappa shape index (κ3) is 3.73. The Morgan fingerprint density at radius 1 is 1.29 bits per heavy atom. The van der Waals surface area contributed by atoms with E-state index >= 15 is 0 Å². The maximum absolute atomic E-state index is 12.4. The zero-order valence-corrected chi connectivity index (χ0v) is 16.6. The lowest BCUT2D eigenvalue weighted by Crippen LogP contribution is -2.27. The second kappa shape index (κ2) is 8.02. The molecule has 0 N–H and O–H groups in total. The zero-order chi connectivity index (χ0) is 19.5. The molecule has 3 heterocycles. The first kappa shape index (κ1) is 18.5. The summed E-state index contributed by atoms with van der Waals surface area (Å²) in [7, 11) is 3.18. The monoisotopic (exact) mass is 399 g/mol. The molecule has 4 rings (SSSR count). The number of carbonyl (C=O) groups excluding carboxylic acids is 1. The lowest BCUT2D eigenvalue weighted by molar-refractivity contribution is -0.127. The first-order valence-corrected chi connectivity index (χ1v) is 9.92. The molecule has 8 heteroatoms. The highest BCUT2D eigenvalue weighted by atomic mass is 32.1. The van der Waals surface area contributed by atoms with Crippen molar-refractivity contribution in [3.63, 3.8) is 0 Å². The van der Waals surface area contributed by atoms with Crippen molar-refractivity contribution in [2.75, 3.05) is 27.3 Å². The van der Waals surface area contributed by atoms with Crippen molar-refractivity contribution in [1.29, 1.82) is 0 Å². The van der Waals surface area contributed by atoms with Gasteiger partial charge in [-0.15, -0.1) is 11.3 Å².